The summed E-state index contributed by atoms with van der Waals surface area (Å²) in [5.74, 6) is 0.0932. The number of piperidine rings is 1. The maximum atomic E-state index is 13.8. The minimum absolute atomic E-state index is 0.0919. The summed E-state index contributed by atoms with van der Waals surface area (Å²) in [6, 6.07) is 9.47. The van der Waals surface area contributed by atoms with Crippen LogP contribution in [0.5, 0.6) is 0 Å². The Morgan fingerprint density at radius 2 is 1.61 bits per heavy atom. The first-order chi connectivity index (χ1) is 15.7. The normalized spacial score (nSPS) is 15.5. The predicted molar refractivity (Wildman–Crippen MR) is 134 cm³/mol. The van der Waals surface area contributed by atoms with Crippen LogP contribution in [0.25, 0.3) is 0 Å². The van der Waals surface area contributed by atoms with Gasteiger partial charge in [0.15, 0.2) is 0 Å². The highest BCUT2D eigenvalue weighted by atomic mass is 35.5. The standard InChI is InChI=1S/C22H24Cl3FN2O3S2/c23-18-5-2-6-21(26)16(18)13-32-12-9-27-22(29)15-7-10-28(11-8-15)33(30,31)14-17-19(24)3-1-4-20(17)25/h1-6,15H,7-14H2,(H,27,29). The first kappa shape index (κ1) is 26.6. The van der Waals surface area contributed by atoms with E-state index in [-0.39, 0.29) is 36.5 Å². The average Bonchev–Trinajstić information content (AvgIpc) is 2.78. The van der Waals surface area contributed by atoms with Crippen LogP contribution in [0.4, 0.5) is 4.39 Å². The van der Waals surface area contributed by atoms with Crippen molar-refractivity contribution in [1.82, 2.24) is 9.62 Å². The van der Waals surface area contributed by atoms with Crippen LogP contribution in [0.15, 0.2) is 36.4 Å². The number of benzene rings is 2. The van der Waals surface area contributed by atoms with Gasteiger partial charge >= 0.3 is 0 Å². The highest BCUT2D eigenvalue weighted by Crippen LogP contribution is 2.29. The minimum atomic E-state index is -3.60. The van der Waals surface area contributed by atoms with Crippen LogP contribution in [-0.2, 0) is 26.3 Å². The van der Waals surface area contributed by atoms with Gasteiger partial charge in [-0.15, -0.1) is 0 Å². The Hall–Kier alpha value is -1.03. The molecule has 1 heterocycles. The Labute approximate surface area is 213 Å². The van der Waals surface area contributed by atoms with Crippen LogP contribution in [0.2, 0.25) is 15.1 Å². The number of nitrogens with one attached hydrogen (secondary N) is 1. The molecule has 1 saturated heterocycles. The van der Waals surface area contributed by atoms with Gasteiger partial charge in [-0.05, 0) is 37.1 Å². The Morgan fingerprint density at radius 3 is 2.21 bits per heavy atom. The van der Waals surface area contributed by atoms with Crippen LogP contribution in [0, 0.1) is 11.7 Å². The van der Waals surface area contributed by atoms with E-state index in [1.165, 1.54) is 22.1 Å². The molecule has 1 fully saturated rings. The zero-order valence-electron chi connectivity index (χ0n) is 17.7. The lowest BCUT2D eigenvalue weighted by molar-refractivity contribution is -0.125. The molecule has 1 aliphatic rings. The average molecular weight is 554 g/mol. The molecule has 1 aliphatic heterocycles. The van der Waals surface area contributed by atoms with Crippen molar-refractivity contribution in [3.05, 3.63) is 68.4 Å². The Morgan fingerprint density at radius 1 is 1.03 bits per heavy atom. The lowest BCUT2D eigenvalue weighted by atomic mass is 9.97. The van der Waals surface area contributed by atoms with Crippen molar-refractivity contribution in [2.75, 3.05) is 25.4 Å². The molecule has 0 saturated carbocycles. The van der Waals surface area contributed by atoms with Gasteiger partial charge in [0.2, 0.25) is 15.9 Å². The Kier molecular flexibility index (Phi) is 9.73. The second-order valence-corrected chi connectivity index (χ2v) is 12.0. The number of hydrogen-bond donors (Lipinski definition) is 1. The summed E-state index contributed by atoms with van der Waals surface area (Å²) in [5, 5.41) is 3.91. The highest BCUT2D eigenvalue weighted by Gasteiger charge is 2.31. The van der Waals surface area contributed by atoms with Crippen molar-refractivity contribution in [2.45, 2.75) is 24.3 Å². The molecule has 3 rings (SSSR count). The number of sulfonamides is 1. The fourth-order valence-corrected chi connectivity index (χ4v) is 7.09. The van der Waals surface area contributed by atoms with E-state index in [0.717, 1.165) is 0 Å². The number of amides is 1. The topological polar surface area (TPSA) is 66.5 Å². The maximum absolute atomic E-state index is 13.8. The summed E-state index contributed by atoms with van der Waals surface area (Å²) >= 11 is 19.7. The first-order valence-electron chi connectivity index (χ1n) is 10.4. The van der Waals surface area contributed by atoms with Gasteiger partial charge in [-0.2, -0.15) is 11.8 Å². The largest absolute Gasteiger partial charge is 0.355 e. The molecule has 0 spiro atoms. The lowest BCUT2D eigenvalue weighted by Crippen LogP contribution is -2.43. The van der Waals surface area contributed by atoms with Crippen molar-refractivity contribution in [1.29, 1.82) is 0 Å². The molecule has 0 aliphatic carbocycles. The quantitative estimate of drug-likeness (QED) is 0.424. The number of thioether (sulfide) groups is 1. The van der Waals surface area contributed by atoms with Gasteiger partial charge in [0, 0.05) is 63.3 Å². The van der Waals surface area contributed by atoms with E-state index in [1.807, 2.05) is 0 Å². The van der Waals surface area contributed by atoms with Crippen molar-refractivity contribution in [2.24, 2.45) is 5.92 Å². The molecule has 2 aromatic rings. The molecule has 33 heavy (non-hydrogen) atoms. The van der Waals surface area contributed by atoms with E-state index in [2.05, 4.69) is 5.32 Å². The van der Waals surface area contributed by atoms with Crippen molar-refractivity contribution in [3.8, 4) is 0 Å². The van der Waals surface area contributed by atoms with E-state index < -0.39 is 10.0 Å². The van der Waals surface area contributed by atoms with Gasteiger partial charge < -0.3 is 5.32 Å². The third kappa shape index (κ3) is 7.23. The SMILES string of the molecule is O=C(NCCSCc1c(F)cccc1Cl)C1CCN(S(=O)(=O)Cc2c(Cl)cccc2Cl)CC1. The third-order valence-electron chi connectivity index (χ3n) is 5.46. The molecule has 0 radical (unpaired) electrons. The molecule has 0 unspecified atom stereocenters. The number of carbonyl (C=O) groups is 1. The second kappa shape index (κ2) is 12.1. The van der Waals surface area contributed by atoms with Crippen LogP contribution in [0.1, 0.15) is 24.0 Å². The van der Waals surface area contributed by atoms with Gasteiger partial charge in [0.1, 0.15) is 5.82 Å². The van der Waals surface area contributed by atoms with Crippen LogP contribution in [0.3, 0.4) is 0 Å². The summed E-state index contributed by atoms with van der Waals surface area (Å²) < 4.78 is 40.8. The van der Waals surface area contributed by atoms with E-state index >= 15 is 0 Å². The fraction of sp³-hybridized carbons (Fsp3) is 0.409. The third-order valence-corrected chi connectivity index (χ3v) is 9.31. The van der Waals surface area contributed by atoms with Crippen molar-refractivity contribution in [3.63, 3.8) is 0 Å². The van der Waals surface area contributed by atoms with Crippen molar-refractivity contribution < 1.29 is 17.6 Å². The molecular formula is C22H24Cl3FN2O3S2. The van der Waals surface area contributed by atoms with E-state index in [1.54, 1.807) is 30.3 Å². The molecule has 180 valence electrons. The number of hydrogen-bond acceptors (Lipinski definition) is 4. The zero-order chi connectivity index (χ0) is 24.0. The Bertz CT molecular complexity index is 1050. The van der Waals surface area contributed by atoms with Crippen LogP contribution in [-0.4, -0.2) is 44.0 Å². The minimum Gasteiger partial charge on any atom is -0.355 e. The van der Waals surface area contributed by atoms with E-state index in [4.69, 9.17) is 34.8 Å². The first-order valence-corrected chi connectivity index (χ1v) is 14.3. The zero-order valence-corrected chi connectivity index (χ0v) is 21.6. The summed E-state index contributed by atoms with van der Waals surface area (Å²) in [7, 11) is -3.60. The van der Waals surface area contributed by atoms with Crippen LogP contribution < -0.4 is 5.32 Å². The number of nitrogens with zero attached hydrogens (tertiary/aromatic N) is 1. The van der Waals surface area contributed by atoms with Gasteiger partial charge in [-0.1, -0.05) is 46.9 Å². The molecular weight excluding hydrogens is 530 g/mol. The molecule has 1 amide bonds. The van der Waals surface area contributed by atoms with E-state index in [0.29, 0.717) is 57.1 Å². The smallest absolute Gasteiger partial charge is 0.223 e. The Balaban J connectivity index is 1.41. The maximum Gasteiger partial charge on any atom is 0.223 e. The number of carbonyl (C=O) groups excluding carboxylic acids is 1. The van der Waals surface area contributed by atoms with Gasteiger partial charge in [-0.25, -0.2) is 17.1 Å². The number of rotatable bonds is 9. The highest BCUT2D eigenvalue weighted by molar-refractivity contribution is 7.98. The molecule has 11 heteroatoms. The predicted octanol–water partition coefficient (Wildman–Crippen LogP) is 5.38. The van der Waals surface area contributed by atoms with Crippen LogP contribution >= 0.6 is 46.6 Å². The summed E-state index contributed by atoms with van der Waals surface area (Å²) in [5.41, 5.74) is 0.844. The van der Waals surface area contributed by atoms with E-state index in [9.17, 15) is 17.6 Å². The monoisotopic (exact) mass is 552 g/mol. The van der Waals surface area contributed by atoms with Crippen molar-refractivity contribution >= 4 is 62.5 Å². The fourth-order valence-electron chi connectivity index (χ4n) is 3.58. The van der Waals surface area contributed by atoms with Gasteiger partial charge in [0.25, 0.3) is 0 Å². The lowest BCUT2D eigenvalue weighted by Gasteiger charge is -2.30. The van der Waals surface area contributed by atoms with Gasteiger partial charge in [0.05, 0.1) is 5.75 Å². The summed E-state index contributed by atoms with van der Waals surface area (Å²) in [4.78, 5) is 12.5. The second-order valence-electron chi connectivity index (χ2n) is 7.67. The molecule has 1 N–H and O–H groups in total. The molecule has 0 aromatic heterocycles. The number of halogens is 4. The molecule has 0 atom stereocenters. The summed E-state index contributed by atoms with van der Waals surface area (Å²) in [6.45, 7) is 0.977. The molecule has 5 nitrogen and oxygen atoms in total. The summed E-state index contributed by atoms with van der Waals surface area (Å²) in [6.07, 6.45) is 0.887. The molecule has 2 aromatic carbocycles. The molecule has 0 bridgehead atoms. The van der Waals surface area contributed by atoms with Gasteiger partial charge in [-0.3, -0.25) is 4.79 Å².